The first-order chi connectivity index (χ1) is 9.67. The average molecular weight is 374 g/mol. The van der Waals surface area contributed by atoms with Gasteiger partial charge in [0.2, 0.25) is 5.91 Å². The zero-order valence-corrected chi connectivity index (χ0v) is 13.9. The van der Waals surface area contributed by atoms with Crippen LogP contribution in [-0.4, -0.2) is 16.8 Å². The third kappa shape index (κ3) is 4.89. The van der Waals surface area contributed by atoms with Crippen molar-refractivity contribution in [1.82, 2.24) is 4.98 Å². The number of carbonyl (C=O) groups is 1. The van der Waals surface area contributed by atoms with Gasteiger partial charge in [0.05, 0.1) is 0 Å². The molecular formula is C14H14BrClN2OS. The van der Waals surface area contributed by atoms with Gasteiger partial charge in [-0.05, 0) is 24.1 Å². The van der Waals surface area contributed by atoms with Crippen molar-refractivity contribution in [2.24, 2.45) is 0 Å². The summed E-state index contributed by atoms with van der Waals surface area (Å²) in [7, 11) is 0. The molecule has 20 heavy (non-hydrogen) atoms. The number of anilines is 1. The maximum absolute atomic E-state index is 11.6. The number of thiazole rings is 1. The lowest BCUT2D eigenvalue weighted by Gasteiger charge is -1.99. The molecule has 106 valence electrons. The van der Waals surface area contributed by atoms with Crippen molar-refractivity contribution in [2.75, 3.05) is 11.2 Å². The number of benzene rings is 1. The molecule has 1 N–H and O–H groups in total. The first-order valence-electron chi connectivity index (χ1n) is 6.22. The van der Waals surface area contributed by atoms with Crippen LogP contribution >= 0.6 is 38.9 Å². The van der Waals surface area contributed by atoms with Gasteiger partial charge in [-0.1, -0.05) is 28.1 Å². The van der Waals surface area contributed by atoms with Crippen LogP contribution in [0.25, 0.3) is 0 Å². The van der Waals surface area contributed by atoms with Crippen molar-refractivity contribution >= 4 is 49.9 Å². The lowest BCUT2D eigenvalue weighted by Crippen LogP contribution is -2.10. The molecule has 0 atom stereocenters. The minimum atomic E-state index is -0.0322. The summed E-state index contributed by atoms with van der Waals surface area (Å²) in [6.45, 7) is 0. The zero-order valence-electron chi connectivity index (χ0n) is 10.7. The van der Waals surface area contributed by atoms with Gasteiger partial charge in [0.25, 0.3) is 0 Å². The van der Waals surface area contributed by atoms with E-state index in [1.807, 2.05) is 18.3 Å². The summed E-state index contributed by atoms with van der Waals surface area (Å²) in [6, 6.07) is 8.18. The van der Waals surface area contributed by atoms with Crippen LogP contribution in [0.5, 0.6) is 0 Å². The van der Waals surface area contributed by atoms with Crippen LogP contribution in [0.4, 0.5) is 5.13 Å². The Morgan fingerprint density at radius 2 is 2.10 bits per heavy atom. The van der Waals surface area contributed by atoms with Gasteiger partial charge in [0.1, 0.15) is 0 Å². The molecule has 2 aromatic rings. The van der Waals surface area contributed by atoms with Gasteiger partial charge in [-0.3, -0.25) is 4.79 Å². The Hall–Kier alpha value is -0.910. The van der Waals surface area contributed by atoms with E-state index in [4.69, 9.17) is 11.6 Å². The van der Waals surface area contributed by atoms with Crippen LogP contribution in [-0.2, 0) is 11.2 Å². The molecule has 0 saturated carbocycles. The number of halogens is 2. The Kier molecular flexibility index (Phi) is 6.01. The van der Waals surface area contributed by atoms with E-state index in [-0.39, 0.29) is 5.91 Å². The van der Waals surface area contributed by atoms with Crippen molar-refractivity contribution in [2.45, 2.75) is 19.3 Å². The van der Waals surface area contributed by atoms with Gasteiger partial charge in [0.15, 0.2) is 5.13 Å². The molecule has 0 radical (unpaired) electrons. The second-order valence-electron chi connectivity index (χ2n) is 4.28. The molecule has 1 aromatic carbocycles. The highest BCUT2D eigenvalue weighted by Gasteiger charge is 2.07. The Balaban J connectivity index is 1.91. The van der Waals surface area contributed by atoms with Gasteiger partial charge in [-0.2, -0.15) is 0 Å². The second-order valence-corrected chi connectivity index (χ2v) is 6.68. The van der Waals surface area contributed by atoms with Crippen molar-refractivity contribution in [3.8, 4) is 0 Å². The van der Waals surface area contributed by atoms with E-state index in [0.717, 1.165) is 15.8 Å². The minimum Gasteiger partial charge on any atom is -0.302 e. The fraction of sp³-hybridized carbons (Fsp3) is 0.286. The molecule has 0 bridgehead atoms. The third-order valence-corrected chi connectivity index (χ3v) is 4.34. The van der Waals surface area contributed by atoms with Crippen LogP contribution in [0.15, 0.2) is 34.9 Å². The number of rotatable bonds is 6. The molecule has 0 spiro atoms. The van der Waals surface area contributed by atoms with Gasteiger partial charge in [-0.15, -0.1) is 22.9 Å². The van der Waals surface area contributed by atoms with E-state index < -0.39 is 0 Å². The number of nitrogens with one attached hydrogen (secondary N) is 1. The first-order valence-corrected chi connectivity index (χ1v) is 8.37. The molecule has 1 aromatic heterocycles. The largest absolute Gasteiger partial charge is 0.302 e. The number of carbonyl (C=O) groups excluding carboxylic acids is 1. The summed E-state index contributed by atoms with van der Waals surface area (Å²) in [6.07, 6.45) is 3.75. The third-order valence-electron chi connectivity index (χ3n) is 2.63. The topological polar surface area (TPSA) is 42.0 Å². The van der Waals surface area contributed by atoms with Crippen LogP contribution in [0.3, 0.4) is 0 Å². The van der Waals surface area contributed by atoms with Gasteiger partial charge in [0, 0.05) is 34.3 Å². The fourth-order valence-electron chi connectivity index (χ4n) is 1.66. The molecule has 1 amide bonds. The number of hydrogen-bond acceptors (Lipinski definition) is 3. The Morgan fingerprint density at radius 1 is 1.35 bits per heavy atom. The average Bonchev–Trinajstić information content (AvgIpc) is 2.86. The molecule has 2 rings (SSSR count). The zero-order chi connectivity index (χ0) is 14.4. The monoisotopic (exact) mass is 372 g/mol. The highest BCUT2D eigenvalue weighted by atomic mass is 79.9. The summed E-state index contributed by atoms with van der Waals surface area (Å²) in [5.74, 6) is 0.468. The number of alkyl halides is 1. The highest BCUT2D eigenvalue weighted by Crippen LogP contribution is 2.22. The van der Waals surface area contributed by atoms with Crippen LogP contribution < -0.4 is 5.32 Å². The van der Waals surface area contributed by atoms with Gasteiger partial charge >= 0.3 is 0 Å². The lowest BCUT2D eigenvalue weighted by atomic mass is 10.1. The molecule has 0 unspecified atom stereocenters. The Morgan fingerprint density at radius 3 is 2.80 bits per heavy atom. The second kappa shape index (κ2) is 7.76. The fourth-order valence-corrected chi connectivity index (χ4v) is 2.92. The highest BCUT2D eigenvalue weighted by molar-refractivity contribution is 9.10. The SMILES string of the molecule is O=C(CCCCl)Nc1ncc(Cc2ccc(Br)cc2)s1. The summed E-state index contributed by atoms with van der Waals surface area (Å²) >= 11 is 10.5. The van der Waals surface area contributed by atoms with Crippen LogP contribution in [0, 0.1) is 0 Å². The Labute approximate surface area is 135 Å². The molecule has 1 heterocycles. The quantitative estimate of drug-likeness (QED) is 0.760. The summed E-state index contributed by atoms with van der Waals surface area (Å²) in [4.78, 5) is 16.9. The van der Waals surface area contributed by atoms with Crippen LogP contribution in [0.2, 0.25) is 0 Å². The lowest BCUT2D eigenvalue weighted by molar-refractivity contribution is -0.116. The van der Waals surface area contributed by atoms with Crippen LogP contribution in [0.1, 0.15) is 23.3 Å². The summed E-state index contributed by atoms with van der Waals surface area (Å²) in [5.41, 5.74) is 1.22. The molecule has 6 heteroatoms. The molecule has 0 fully saturated rings. The van der Waals surface area contributed by atoms with Crippen molar-refractivity contribution in [3.05, 3.63) is 45.4 Å². The van der Waals surface area contributed by atoms with E-state index in [2.05, 4.69) is 38.4 Å². The number of hydrogen-bond donors (Lipinski definition) is 1. The van der Waals surface area contributed by atoms with Crippen molar-refractivity contribution < 1.29 is 4.79 Å². The number of aromatic nitrogens is 1. The summed E-state index contributed by atoms with van der Waals surface area (Å²) in [5, 5.41) is 3.44. The molecule has 3 nitrogen and oxygen atoms in total. The summed E-state index contributed by atoms with van der Waals surface area (Å²) < 4.78 is 1.07. The predicted octanol–water partition coefficient (Wildman–Crippen LogP) is 4.45. The molecule has 0 saturated heterocycles. The predicted molar refractivity (Wildman–Crippen MR) is 87.6 cm³/mol. The first kappa shape index (κ1) is 15.5. The van der Waals surface area contributed by atoms with Gasteiger partial charge in [-0.25, -0.2) is 4.98 Å². The molecule has 0 aliphatic carbocycles. The van der Waals surface area contributed by atoms with E-state index in [1.165, 1.54) is 16.9 Å². The van der Waals surface area contributed by atoms with E-state index in [0.29, 0.717) is 23.9 Å². The maximum Gasteiger partial charge on any atom is 0.226 e. The van der Waals surface area contributed by atoms with E-state index in [9.17, 15) is 4.79 Å². The van der Waals surface area contributed by atoms with Crippen molar-refractivity contribution in [1.29, 1.82) is 0 Å². The normalized spacial score (nSPS) is 10.5. The number of amides is 1. The molecule has 0 aliphatic heterocycles. The van der Waals surface area contributed by atoms with E-state index in [1.54, 1.807) is 0 Å². The minimum absolute atomic E-state index is 0.0322. The van der Waals surface area contributed by atoms with Crippen molar-refractivity contribution in [3.63, 3.8) is 0 Å². The maximum atomic E-state index is 11.6. The molecule has 0 aliphatic rings. The standard InChI is InChI=1S/C14H14BrClN2OS/c15-11-5-3-10(4-6-11)8-12-9-17-14(20-12)18-13(19)2-1-7-16/h3-6,9H,1-2,7-8H2,(H,17,18,19). The Bertz CT molecular complexity index is 571. The van der Waals surface area contributed by atoms with E-state index >= 15 is 0 Å². The smallest absolute Gasteiger partial charge is 0.226 e. The van der Waals surface area contributed by atoms with Gasteiger partial charge < -0.3 is 5.32 Å². The number of nitrogens with zero attached hydrogens (tertiary/aromatic N) is 1. The molecular weight excluding hydrogens is 360 g/mol.